The fraction of sp³-hybridized carbons (Fsp3) is 0.556. The molecule has 0 spiro atoms. The van der Waals surface area contributed by atoms with E-state index in [1.807, 2.05) is 13.2 Å². The molecule has 3 heteroatoms. The van der Waals surface area contributed by atoms with Gasteiger partial charge in [0.25, 0.3) is 0 Å². The molecule has 1 fully saturated rings. The highest BCUT2D eigenvalue weighted by atomic mass is 16.1. The third-order valence-electron chi connectivity index (χ3n) is 2.20. The minimum Gasteiger partial charge on any atom is -0.303 e. The van der Waals surface area contributed by atoms with E-state index >= 15 is 0 Å². The first-order valence-electron chi connectivity index (χ1n) is 4.27. The van der Waals surface area contributed by atoms with E-state index in [9.17, 15) is 4.79 Å². The second-order valence-electron chi connectivity index (χ2n) is 3.36. The molecule has 1 aromatic heterocycles. The summed E-state index contributed by atoms with van der Waals surface area (Å²) in [5.74, 6) is 0.640. The van der Waals surface area contributed by atoms with Crippen LogP contribution in [0, 0.1) is 0 Å². The molecule has 1 aromatic rings. The molecule has 0 amide bonds. The molecule has 0 atom stereocenters. The Morgan fingerprint density at radius 3 is 3.08 bits per heavy atom. The number of aromatic nitrogens is 2. The maximum atomic E-state index is 10.3. The van der Waals surface area contributed by atoms with Gasteiger partial charge >= 0.3 is 0 Å². The second kappa shape index (κ2) is 2.73. The van der Waals surface area contributed by atoms with Crippen LogP contribution < -0.4 is 0 Å². The quantitative estimate of drug-likeness (QED) is 0.625. The maximum absolute atomic E-state index is 10.3. The first kappa shape index (κ1) is 7.53. The molecule has 0 saturated heterocycles. The zero-order valence-corrected chi connectivity index (χ0v) is 7.16. The van der Waals surface area contributed by atoms with Crippen molar-refractivity contribution in [3.8, 4) is 0 Å². The van der Waals surface area contributed by atoms with Gasteiger partial charge in [-0.2, -0.15) is 5.10 Å². The van der Waals surface area contributed by atoms with Gasteiger partial charge in [0.15, 0.2) is 0 Å². The van der Waals surface area contributed by atoms with Crippen molar-refractivity contribution in [2.45, 2.75) is 25.2 Å². The number of nitrogens with zero attached hydrogens (tertiary/aromatic N) is 2. The summed E-state index contributed by atoms with van der Waals surface area (Å²) in [7, 11) is 1.90. The van der Waals surface area contributed by atoms with Crippen molar-refractivity contribution >= 4 is 6.29 Å². The van der Waals surface area contributed by atoms with E-state index < -0.39 is 0 Å². The van der Waals surface area contributed by atoms with E-state index in [2.05, 4.69) is 5.10 Å². The predicted molar refractivity (Wildman–Crippen MR) is 45.0 cm³/mol. The Hall–Kier alpha value is -1.12. The number of aryl methyl sites for hydroxylation is 1. The SMILES string of the molecule is Cn1cc(CC=O)c(C2CC2)n1. The molecule has 0 bridgehead atoms. The molecule has 0 radical (unpaired) electrons. The number of hydrogen-bond donors (Lipinski definition) is 0. The van der Waals surface area contributed by atoms with Gasteiger partial charge in [-0.1, -0.05) is 0 Å². The molecule has 3 nitrogen and oxygen atoms in total. The van der Waals surface area contributed by atoms with Crippen molar-refractivity contribution in [2.75, 3.05) is 0 Å². The minimum atomic E-state index is 0.514. The Bertz CT molecular complexity index is 299. The van der Waals surface area contributed by atoms with Crippen LogP contribution in [-0.2, 0) is 18.3 Å². The molecule has 1 aliphatic rings. The van der Waals surface area contributed by atoms with E-state index in [0.29, 0.717) is 12.3 Å². The van der Waals surface area contributed by atoms with Crippen LogP contribution in [0.2, 0.25) is 0 Å². The summed E-state index contributed by atoms with van der Waals surface area (Å²) < 4.78 is 1.80. The van der Waals surface area contributed by atoms with E-state index in [4.69, 9.17) is 0 Å². The molecule has 1 saturated carbocycles. The molecule has 2 rings (SSSR count). The summed E-state index contributed by atoms with van der Waals surface area (Å²) in [5, 5.41) is 4.35. The summed E-state index contributed by atoms with van der Waals surface area (Å²) in [6.45, 7) is 0. The Morgan fingerprint density at radius 2 is 2.50 bits per heavy atom. The first-order valence-corrected chi connectivity index (χ1v) is 4.27. The number of rotatable bonds is 3. The van der Waals surface area contributed by atoms with Gasteiger partial charge in [-0.15, -0.1) is 0 Å². The molecule has 0 aromatic carbocycles. The van der Waals surface area contributed by atoms with Gasteiger partial charge in [0.05, 0.1) is 5.69 Å². The fourth-order valence-electron chi connectivity index (χ4n) is 1.50. The number of carbonyl (C=O) groups excluding carboxylic acids is 1. The van der Waals surface area contributed by atoms with Crippen LogP contribution in [0.15, 0.2) is 6.20 Å². The van der Waals surface area contributed by atoms with Gasteiger partial charge in [0.2, 0.25) is 0 Å². The summed E-state index contributed by atoms with van der Waals surface area (Å²) in [5.41, 5.74) is 2.25. The molecule has 12 heavy (non-hydrogen) atoms. The van der Waals surface area contributed by atoms with Crippen LogP contribution in [0.1, 0.15) is 30.0 Å². The van der Waals surface area contributed by atoms with Gasteiger partial charge in [0.1, 0.15) is 6.29 Å². The largest absolute Gasteiger partial charge is 0.303 e. The molecular weight excluding hydrogens is 152 g/mol. The summed E-state index contributed by atoms with van der Waals surface area (Å²) in [6.07, 6.45) is 5.89. The lowest BCUT2D eigenvalue weighted by Crippen LogP contribution is -1.90. The summed E-state index contributed by atoms with van der Waals surface area (Å²) in [4.78, 5) is 10.3. The molecular formula is C9H12N2O. The topological polar surface area (TPSA) is 34.9 Å². The third kappa shape index (κ3) is 1.26. The van der Waals surface area contributed by atoms with Crippen molar-refractivity contribution in [1.29, 1.82) is 0 Å². The molecule has 0 N–H and O–H groups in total. The van der Waals surface area contributed by atoms with E-state index in [1.165, 1.54) is 12.8 Å². The molecule has 0 unspecified atom stereocenters. The van der Waals surface area contributed by atoms with Crippen molar-refractivity contribution in [1.82, 2.24) is 9.78 Å². The van der Waals surface area contributed by atoms with Crippen molar-refractivity contribution < 1.29 is 4.79 Å². The second-order valence-corrected chi connectivity index (χ2v) is 3.36. The fourth-order valence-corrected chi connectivity index (χ4v) is 1.50. The summed E-state index contributed by atoms with van der Waals surface area (Å²) in [6, 6.07) is 0. The Morgan fingerprint density at radius 1 is 1.75 bits per heavy atom. The van der Waals surface area contributed by atoms with E-state index in [0.717, 1.165) is 17.5 Å². The van der Waals surface area contributed by atoms with Crippen LogP contribution in [0.3, 0.4) is 0 Å². The monoisotopic (exact) mass is 164 g/mol. The van der Waals surface area contributed by atoms with Crippen LogP contribution in [-0.4, -0.2) is 16.1 Å². The maximum Gasteiger partial charge on any atom is 0.124 e. The lowest BCUT2D eigenvalue weighted by molar-refractivity contribution is -0.107. The highest BCUT2D eigenvalue weighted by Crippen LogP contribution is 2.40. The molecule has 1 aliphatic carbocycles. The standard InChI is InChI=1S/C9H12N2O/c1-11-6-8(4-5-12)9(10-11)7-2-3-7/h5-7H,2-4H2,1H3. The van der Waals surface area contributed by atoms with E-state index in [-0.39, 0.29) is 0 Å². The van der Waals surface area contributed by atoms with Gasteiger partial charge in [-0.25, -0.2) is 0 Å². The highest BCUT2D eigenvalue weighted by Gasteiger charge is 2.28. The highest BCUT2D eigenvalue weighted by molar-refractivity contribution is 5.55. The Kier molecular flexibility index (Phi) is 1.71. The van der Waals surface area contributed by atoms with Crippen molar-refractivity contribution in [2.24, 2.45) is 7.05 Å². The Labute approximate surface area is 71.4 Å². The lowest BCUT2D eigenvalue weighted by atomic mass is 10.1. The van der Waals surface area contributed by atoms with Gasteiger partial charge in [-0.3, -0.25) is 4.68 Å². The molecule has 64 valence electrons. The zero-order chi connectivity index (χ0) is 8.55. The van der Waals surface area contributed by atoms with Gasteiger partial charge < -0.3 is 4.79 Å². The van der Waals surface area contributed by atoms with Crippen molar-refractivity contribution in [3.05, 3.63) is 17.5 Å². The van der Waals surface area contributed by atoms with Crippen LogP contribution >= 0.6 is 0 Å². The number of hydrogen-bond acceptors (Lipinski definition) is 2. The van der Waals surface area contributed by atoms with Crippen LogP contribution in [0.25, 0.3) is 0 Å². The molecule has 0 aliphatic heterocycles. The summed E-state index contributed by atoms with van der Waals surface area (Å²) >= 11 is 0. The normalized spacial score (nSPS) is 16.4. The van der Waals surface area contributed by atoms with Crippen LogP contribution in [0.4, 0.5) is 0 Å². The average molecular weight is 164 g/mol. The minimum absolute atomic E-state index is 0.514. The average Bonchev–Trinajstić information content (AvgIpc) is 2.79. The number of aldehydes is 1. The van der Waals surface area contributed by atoms with Gasteiger partial charge in [-0.05, 0) is 12.8 Å². The smallest absolute Gasteiger partial charge is 0.124 e. The van der Waals surface area contributed by atoms with Crippen LogP contribution in [0.5, 0.6) is 0 Å². The van der Waals surface area contributed by atoms with Crippen molar-refractivity contribution in [3.63, 3.8) is 0 Å². The van der Waals surface area contributed by atoms with Gasteiger partial charge in [0, 0.05) is 31.1 Å². The third-order valence-corrected chi connectivity index (χ3v) is 2.20. The molecule has 1 heterocycles. The predicted octanol–water partition coefficient (Wildman–Crippen LogP) is 1.04. The lowest BCUT2D eigenvalue weighted by Gasteiger charge is -1.92. The zero-order valence-electron chi connectivity index (χ0n) is 7.16. The number of carbonyl (C=O) groups is 1. The van der Waals surface area contributed by atoms with E-state index in [1.54, 1.807) is 4.68 Å². The Balaban J connectivity index is 2.29. The first-order chi connectivity index (χ1) is 5.81.